The number of carbonyl (C=O) groups excluding carboxylic acids is 2. The summed E-state index contributed by atoms with van der Waals surface area (Å²) in [4.78, 5) is 23.5. The second-order valence-corrected chi connectivity index (χ2v) is 4.22. The maximum atomic E-state index is 12.0. The van der Waals surface area contributed by atoms with Gasteiger partial charge in [-0.1, -0.05) is 12.1 Å². The Balaban J connectivity index is 2.67. The molecule has 0 aliphatic heterocycles. The van der Waals surface area contributed by atoms with Crippen LogP contribution in [-0.2, 0) is 16.1 Å². The Morgan fingerprint density at radius 1 is 1.37 bits per heavy atom. The van der Waals surface area contributed by atoms with Crippen molar-refractivity contribution < 1.29 is 14.3 Å². The molecule has 2 amide bonds. The lowest BCUT2D eigenvalue weighted by Crippen LogP contribution is -2.44. The van der Waals surface area contributed by atoms with E-state index in [1.165, 1.54) is 0 Å². The van der Waals surface area contributed by atoms with Crippen LogP contribution in [0.5, 0.6) is 0 Å². The van der Waals surface area contributed by atoms with Gasteiger partial charge in [-0.25, -0.2) is 0 Å². The van der Waals surface area contributed by atoms with Gasteiger partial charge in [-0.2, -0.15) is 0 Å². The first-order chi connectivity index (χ1) is 9.08. The zero-order chi connectivity index (χ0) is 14.3. The van der Waals surface area contributed by atoms with Crippen molar-refractivity contribution in [2.45, 2.75) is 26.5 Å². The fourth-order valence-electron chi connectivity index (χ4n) is 1.64. The van der Waals surface area contributed by atoms with E-state index in [9.17, 15) is 9.59 Å². The highest BCUT2D eigenvalue weighted by atomic mass is 16.5. The first kappa shape index (κ1) is 15.2. The van der Waals surface area contributed by atoms with Crippen LogP contribution in [0, 0.1) is 0 Å². The Labute approximate surface area is 113 Å². The van der Waals surface area contributed by atoms with Crippen molar-refractivity contribution in [2.24, 2.45) is 0 Å². The number of ether oxygens (including phenoxy) is 1. The number of likely N-dealkylation sites (N-methyl/N-ethyl adjacent to an activating group) is 1. The van der Waals surface area contributed by atoms with Gasteiger partial charge in [0.2, 0.25) is 5.91 Å². The van der Waals surface area contributed by atoms with Gasteiger partial charge in [0.25, 0.3) is 5.91 Å². The highest BCUT2D eigenvalue weighted by Gasteiger charge is 2.15. The molecule has 0 fully saturated rings. The van der Waals surface area contributed by atoms with Gasteiger partial charge in [-0.05, 0) is 31.5 Å². The van der Waals surface area contributed by atoms with E-state index in [4.69, 9.17) is 4.74 Å². The molecule has 0 bridgehead atoms. The third kappa shape index (κ3) is 4.71. The molecule has 1 rings (SSSR count). The van der Waals surface area contributed by atoms with Gasteiger partial charge >= 0.3 is 0 Å². The van der Waals surface area contributed by atoms with Crippen molar-refractivity contribution >= 4 is 11.8 Å². The van der Waals surface area contributed by atoms with Gasteiger partial charge in [0.05, 0.1) is 6.61 Å². The minimum atomic E-state index is -0.557. The Kier molecular flexibility index (Phi) is 6.02. The Hall–Kier alpha value is -1.88. The molecule has 0 spiro atoms. The third-order valence-electron chi connectivity index (χ3n) is 2.59. The van der Waals surface area contributed by atoms with Crippen molar-refractivity contribution in [2.75, 3.05) is 13.7 Å². The summed E-state index contributed by atoms with van der Waals surface area (Å²) in [7, 11) is 1.60. The van der Waals surface area contributed by atoms with E-state index >= 15 is 0 Å². The normalized spacial score (nSPS) is 11.7. The molecule has 0 saturated carbocycles. The molecule has 5 heteroatoms. The summed E-state index contributed by atoms with van der Waals surface area (Å²) in [6.07, 6.45) is 0. The number of carbonyl (C=O) groups is 2. The predicted molar refractivity (Wildman–Crippen MR) is 72.8 cm³/mol. The van der Waals surface area contributed by atoms with Crippen LogP contribution in [0.15, 0.2) is 24.3 Å². The second kappa shape index (κ2) is 7.53. The first-order valence-corrected chi connectivity index (χ1v) is 6.25. The molecule has 19 heavy (non-hydrogen) atoms. The number of rotatable bonds is 6. The Morgan fingerprint density at radius 2 is 2.11 bits per heavy atom. The van der Waals surface area contributed by atoms with Gasteiger partial charge in [-0.15, -0.1) is 0 Å². The fraction of sp³-hybridized carbons (Fsp3) is 0.429. The lowest BCUT2D eigenvalue weighted by atomic mass is 10.1. The molecule has 1 aromatic rings. The Morgan fingerprint density at radius 3 is 2.74 bits per heavy atom. The van der Waals surface area contributed by atoms with Crippen LogP contribution < -0.4 is 10.6 Å². The van der Waals surface area contributed by atoms with Crippen molar-refractivity contribution in [3.8, 4) is 0 Å². The summed E-state index contributed by atoms with van der Waals surface area (Å²) in [5, 5.41) is 5.32. The van der Waals surface area contributed by atoms with E-state index in [0.717, 1.165) is 5.56 Å². The molecule has 0 saturated heterocycles. The summed E-state index contributed by atoms with van der Waals surface area (Å²) in [5.74, 6) is -0.458. The zero-order valence-corrected chi connectivity index (χ0v) is 11.5. The lowest BCUT2D eigenvalue weighted by Gasteiger charge is -2.13. The zero-order valence-electron chi connectivity index (χ0n) is 11.5. The van der Waals surface area contributed by atoms with Gasteiger partial charge in [-0.3, -0.25) is 9.59 Å². The number of hydrogen-bond donors (Lipinski definition) is 2. The molecule has 5 nitrogen and oxygen atoms in total. The molecular formula is C14H20N2O3. The van der Waals surface area contributed by atoms with Crippen molar-refractivity contribution in [1.82, 2.24) is 10.6 Å². The maximum Gasteiger partial charge on any atom is 0.251 e. The molecule has 2 N–H and O–H groups in total. The van der Waals surface area contributed by atoms with E-state index in [1.807, 2.05) is 13.0 Å². The average Bonchev–Trinajstić information content (AvgIpc) is 2.39. The third-order valence-corrected chi connectivity index (χ3v) is 2.59. The van der Waals surface area contributed by atoms with E-state index in [-0.39, 0.29) is 11.8 Å². The number of hydrogen-bond acceptors (Lipinski definition) is 3. The van der Waals surface area contributed by atoms with E-state index < -0.39 is 6.04 Å². The van der Waals surface area contributed by atoms with Gasteiger partial charge < -0.3 is 15.4 Å². The van der Waals surface area contributed by atoms with Gasteiger partial charge in [0.15, 0.2) is 0 Å². The number of nitrogens with one attached hydrogen (secondary N) is 2. The molecule has 0 unspecified atom stereocenters. The number of benzene rings is 1. The summed E-state index contributed by atoms with van der Waals surface area (Å²) in [6, 6.07) is 6.58. The van der Waals surface area contributed by atoms with Gasteiger partial charge in [0.1, 0.15) is 6.04 Å². The summed E-state index contributed by atoms with van der Waals surface area (Å²) in [5.41, 5.74) is 1.44. The van der Waals surface area contributed by atoms with Crippen molar-refractivity contribution in [1.29, 1.82) is 0 Å². The molecule has 1 aromatic carbocycles. The molecule has 1 atom stereocenters. The summed E-state index contributed by atoms with van der Waals surface area (Å²) in [6.45, 7) is 4.48. The minimum absolute atomic E-state index is 0.191. The average molecular weight is 264 g/mol. The lowest BCUT2D eigenvalue weighted by molar-refractivity contribution is -0.122. The highest BCUT2D eigenvalue weighted by molar-refractivity contribution is 5.97. The topological polar surface area (TPSA) is 67.4 Å². The summed E-state index contributed by atoms with van der Waals surface area (Å²) >= 11 is 0. The molecule has 104 valence electrons. The Bertz CT molecular complexity index is 446. The SMILES string of the molecule is CCNC(=O)[C@@H](C)NC(=O)c1cccc(COC)c1. The summed E-state index contributed by atoms with van der Waals surface area (Å²) < 4.78 is 5.02. The molecule has 0 aromatic heterocycles. The van der Waals surface area contributed by atoms with Crippen LogP contribution in [-0.4, -0.2) is 31.5 Å². The molecule has 0 aliphatic carbocycles. The van der Waals surface area contributed by atoms with E-state index in [1.54, 1.807) is 32.2 Å². The highest BCUT2D eigenvalue weighted by Crippen LogP contribution is 2.06. The smallest absolute Gasteiger partial charge is 0.251 e. The van der Waals surface area contributed by atoms with Crippen LogP contribution in [0.25, 0.3) is 0 Å². The quantitative estimate of drug-likeness (QED) is 0.808. The van der Waals surface area contributed by atoms with Crippen LogP contribution in [0.2, 0.25) is 0 Å². The number of amides is 2. The van der Waals surface area contributed by atoms with E-state index in [0.29, 0.717) is 18.7 Å². The molecule has 0 radical (unpaired) electrons. The van der Waals surface area contributed by atoms with Crippen molar-refractivity contribution in [3.05, 3.63) is 35.4 Å². The largest absolute Gasteiger partial charge is 0.380 e. The molecular weight excluding hydrogens is 244 g/mol. The molecule has 0 aliphatic rings. The second-order valence-electron chi connectivity index (χ2n) is 4.22. The van der Waals surface area contributed by atoms with Crippen LogP contribution in [0.1, 0.15) is 29.8 Å². The molecule has 0 heterocycles. The maximum absolute atomic E-state index is 12.0. The van der Waals surface area contributed by atoms with Gasteiger partial charge in [0, 0.05) is 19.2 Å². The standard InChI is InChI=1S/C14H20N2O3/c1-4-15-13(17)10(2)16-14(18)12-7-5-6-11(8-12)9-19-3/h5-8,10H,4,9H2,1-3H3,(H,15,17)(H,16,18)/t10-/m1/s1. The monoisotopic (exact) mass is 264 g/mol. The first-order valence-electron chi connectivity index (χ1n) is 6.25. The van der Waals surface area contributed by atoms with E-state index in [2.05, 4.69) is 10.6 Å². The minimum Gasteiger partial charge on any atom is -0.380 e. The van der Waals surface area contributed by atoms with Crippen molar-refractivity contribution in [3.63, 3.8) is 0 Å². The fourth-order valence-corrected chi connectivity index (χ4v) is 1.64. The number of methoxy groups -OCH3 is 1. The van der Waals surface area contributed by atoms with Crippen LogP contribution in [0.4, 0.5) is 0 Å². The predicted octanol–water partition coefficient (Wildman–Crippen LogP) is 1.09. The van der Waals surface area contributed by atoms with Crippen LogP contribution in [0.3, 0.4) is 0 Å². The van der Waals surface area contributed by atoms with Crippen LogP contribution >= 0.6 is 0 Å².